The van der Waals surface area contributed by atoms with Crippen molar-refractivity contribution in [2.45, 2.75) is 53.4 Å². The first-order chi connectivity index (χ1) is 12.2. The van der Waals surface area contributed by atoms with Crippen LogP contribution in [0.1, 0.15) is 53.4 Å². The van der Waals surface area contributed by atoms with Gasteiger partial charge in [0.05, 0.1) is 6.61 Å². The summed E-state index contributed by atoms with van der Waals surface area (Å²) >= 11 is 0. The molecule has 0 aromatic heterocycles. The fraction of sp³-hybridized carbons (Fsp3) is 0.565. The lowest BCUT2D eigenvalue weighted by Gasteiger charge is -2.61. The summed E-state index contributed by atoms with van der Waals surface area (Å²) in [6.07, 6.45) is 7.48. The highest BCUT2D eigenvalue weighted by atomic mass is 16.5. The molecule has 3 nitrogen and oxygen atoms in total. The van der Waals surface area contributed by atoms with E-state index in [2.05, 4.69) is 33.4 Å². The smallest absolute Gasteiger partial charge is 0.224 e. The Bertz CT molecular complexity index is 824. The molecular weight excluding hydrogens is 324 g/mol. The number of ketones is 2. The Morgan fingerprint density at radius 1 is 1.27 bits per heavy atom. The van der Waals surface area contributed by atoms with E-state index in [4.69, 9.17) is 4.74 Å². The van der Waals surface area contributed by atoms with E-state index in [9.17, 15) is 9.59 Å². The lowest BCUT2D eigenvalue weighted by Crippen LogP contribution is -2.53. The Morgan fingerprint density at radius 3 is 2.69 bits per heavy atom. The Balaban J connectivity index is 1.86. The van der Waals surface area contributed by atoms with Gasteiger partial charge in [-0.1, -0.05) is 37.6 Å². The molecule has 1 fully saturated rings. The first kappa shape index (κ1) is 17.5. The van der Waals surface area contributed by atoms with Crippen LogP contribution < -0.4 is 0 Å². The molecular formula is C23H28O3. The summed E-state index contributed by atoms with van der Waals surface area (Å²) in [5.41, 5.74) is 3.89. The molecule has 0 unspecified atom stereocenters. The Labute approximate surface area is 155 Å². The number of ether oxygens (including phenoxy) is 1. The maximum absolute atomic E-state index is 13.1. The summed E-state index contributed by atoms with van der Waals surface area (Å²) in [4.78, 5) is 26.0. The Kier molecular flexibility index (Phi) is 3.74. The summed E-state index contributed by atoms with van der Waals surface area (Å²) in [5, 5.41) is 0. The highest BCUT2D eigenvalue weighted by Gasteiger charge is 2.59. The number of carbonyl (C=O) groups is 2. The topological polar surface area (TPSA) is 43.4 Å². The largest absolute Gasteiger partial charge is 0.490 e. The van der Waals surface area contributed by atoms with Crippen LogP contribution in [0.5, 0.6) is 0 Å². The van der Waals surface area contributed by atoms with E-state index in [1.807, 2.05) is 6.92 Å². The van der Waals surface area contributed by atoms with Gasteiger partial charge in [-0.2, -0.15) is 0 Å². The van der Waals surface area contributed by atoms with Gasteiger partial charge in [0.1, 0.15) is 0 Å². The summed E-state index contributed by atoms with van der Waals surface area (Å²) < 4.78 is 5.48. The zero-order valence-corrected chi connectivity index (χ0v) is 16.3. The molecule has 0 radical (unpaired) electrons. The average molecular weight is 352 g/mol. The minimum absolute atomic E-state index is 0.0431. The zero-order valence-electron chi connectivity index (χ0n) is 16.3. The van der Waals surface area contributed by atoms with Crippen LogP contribution in [0.15, 0.2) is 46.8 Å². The summed E-state index contributed by atoms with van der Waals surface area (Å²) in [7, 11) is 0. The van der Waals surface area contributed by atoms with E-state index in [1.54, 1.807) is 0 Å². The summed E-state index contributed by atoms with van der Waals surface area (Å²) in [6.45, 7) is 13.5. The van der Waals surface area contributed by atoms with Crippen molar-refractivity contribution in [3.8, 4) is 0 Å². The second kappa shape index (κ2) is 5.55. The van der Waals surface area contributed by atoms with Crippen molar-refractivity contribution in [2.24, 2.45) is 22.7 Å². The van der Waals surface area contributed by atoms with Gasteiger partial charge in [0.25, 0.3) is 0 Å². The molecule has 0 amide bonds. The quantitative estimate of drug-likeness (QED) is 0.534. The van der Waals surface area contributed by atoms with Crippen LogP contribution in [0, 0.1) is 22.7 Å². The molecule has 2 bridgehead atoms. The van der Waals surface area contributed by atoms with Crippen molar-refractivity contribution >= 4 is 11.6 Å². The number of fused-ring (bicyclic) bond motifs is 5. The molecule has 0 heterocycles. The summed E-state index contributed by atoms with van der Waals surface area (Å²) in [6, 6.07) is 0. The van der Waals surface area contributed by atoms with Crippen molar-refractivity contribution in [1.82, 2.24) is 0 Å². The maximum atomic E-state index is 13.1. The number of carbonyl (C=O) groups excluding carboxylic acids is 2. The molecule has 3 heteroatoms. The molecule has 0 aromatic rings. The third kappa shape index (κ3) is 2.06. The molecule has 0 aliphatic heterocycles. The molecule has 4 atom stereocenters. The van der Waals surface area contributed by atoms with Gasteiger partial charge >= 0.3 is 0 Å². The van der Waals surface area contributed by atoms with Crippen LogP contribution >= 0.6 is 0 Å². The predicted octanol–water partition coefficient (Wildman–Crippen LogP) is 4.70. The van der Waals surface area contributed by atoms with Crippen LogP contribution in [0.25, 0.3) is 0 Å². The monoisotopic (exact) mass is 352 g/mol. The standard InChI is InChI=1S/C23H28O3/c1-6-26-18-10-17(24)16-12-23(5)14(3)15(20(16)21(18)25)11-22(4)13(2)8-7-9-19(22)23/h8,10,15,19H,3,6-7,9,11-12H2,1-2,4-5H3/t15-,19-,22-,23-/m1/s1. The van der Waals surface area contributed by atoms with Crippen molar-refractivity contribution in [3.63, 3.8) is 0 Å². The van der Waals surface area contributed by atoms with Crippen LogP contribution in [0.3, 0.4) is 0 Å². The first-order valence-electron chi connectivity index (χ1n) is 9.77. The molecule has 0 spiro atoms. The van der Waals surface area contributed by atoms with Gasteiger partial charge in [0, 0.05) is 23.1 Å². The van der Waals surface area contributed by atoms with E-state index in [0.717, 1.165) is 24.8 Å². The highest BCUT2D eigenvalue weighted by Crippen LogP contribution is 2.67. The zero-order chi connectivity index (χ0) is 18.9. The van der Waals surface area contributed by atoms with Crippen LogP contribution in [-0.2, 0) is 14.3 Å². The van der Waals surface area contributed by atoms with E-state index >= 15 is 0 Å². The SMILES string of the molecule is C=C1[C@H]2C[C@]3(C)C(C)=CCC[C@H]3[C@]1(C)CC1=C2C(=O)C(OCC)=CC1=O. The second-order valence-electron chi connectivity index (χ2n) is 8.84. The van der Waals surface area contributed by atoms with Crippen LogP contribution in [-0.4, -0.2) is 18.2 Å². The van der Waals surface area contributed by atoms with Crippen molar-refractivity contribution in [3.05, 3.63) is 46.8 Å². The molecule has 4 rings (SSSR count). The van der Waals surface area contributed by atoms with Crippen LogP contribution in [0.2, 0.25) is 0 Å². The predicted molar refractivity (Wildman–Crippen MR) is 101 cm³/mol. The molecule has 0 N–H and O–H groups in total. The molecule has 26 heavy (non-hydrogen) atoms. The van der Waals surface area contributed by atoms with Gasteiger partial charge in [-0.15, -0.1) is 0 Å². The number of hydrogen-bond donors (Lipinski definition) is 0. The number of hydrogen-bond acceptors (Lipinski definition) is 3. The van der Waals surface area contributed by atoms with Crippen molar-refractivity contribution in [1.29, 1.82) is 0 Å². The number of Topliss-reactive ketones (excluding diaryl/α,β-unsaturated/α-hetero) is 1. The average Bonchev–Trinajstić information content (AvgIpc) is 2.58. The molecule has 1 saturated carbocycles. The number of rotatable bonds is 2. The fourth-order valence-electron chi connectivity index (χ4n) is 6.16. The normalized spacial score (nSPS) is 39.2. The van der Waals surface area contributed by atoms with Crippen molar-refractivity contribution < 1.29 is 14.3 Å². The molecule has 0 saturated heterocycles. The minimum atomic E-state index is -0.126. The van der Waals surface area contributed by atoms with Gasteiger partial charge in [-0.25, -0.2) is 0 Å². The van der Waals surface area contributed by atoms with Gasteiger partial charge < -0.3 is 4.74 Å². The van der Waals surface area contributed by atoms with Gasteiger partial charge in [0.2, 0.25) is 5.78 Å². The van der Waals surface area contributed by atoms with E-state index < -0.39 is 0 Å². The molecule has 4 aliphatic rings. The third-order valence-electron chi connectivity index (χ3n) is 7.67. The Hall–Kier alpha value is -1.90. The Morgan fingerprint density at radius 2 is 2.00 bits per heavy atom. The van der Waals surface area contributed by atoms with Gasteiger partial charge in [-0.3, -0.25) is 9.59 Å². The molecule has 4 aliphatic carbocycles. The van der Waals surface area contributed by atoms with Crippen molar-refractivity contribution in [2.75, 3.05) is 6.61 Å². The fourth-order valence-corrected chi connectivity index (χ4v) is 6.16. The van der Waals surface area contributed by atoms with E-state index in [0.29, 0.717) is 30.1 Å². The third-order valence-corrected chi connectivity index (χ3v) is 7.67. The highest BCUT2D eigenvalue weighted by molar-refractivity contribution is 6.22. The van der Waals surface area contributed by atoms with E-state index in [1.165, 1.54) is 11.6 Å². The van der Waals surface area contributed by atoms with Gasteiger partial charge in [-0.05, 0) is 56.3 Å². The summed E-state index contributed by atoms with van der Waals surface area (Å²) in [5.74, 6) is 0.480. The number of allylic oxidation sites excluding steroid dienone is 6. The maximum Gasteiger partial charge on any atom is 0.224 e. The second-order valence-corrected chi connectivity index (χ2v) is 8.84. The van der Waals surface area contributed by atoms with E-state index in [-0.39, 0.29) is 34.1 Å². The lowest BCUT2D eigenvalue weighted by molar-refractivity contribution is -0.120. The molecule has 0 aromatic carbocycles. The molecule has 138 valence electrons. The lowest BCUT2D eigenvalue weighted by atomic mass is 9.42. The minimum Gasteiger partial charge on any atom is -0.490 e. The van der Waals surface area contributed by atoms with Gasteiger partial charge in [0.15, 0.2) is 11.5 Å². The first-order valence-corrected chi connectivity index (χ1v) is 9.77. The van der Waals surface area contributed by atoms with Crippen LogP contribution in [0.4, 0.5) is 0 Å².